The molecule has 0 atom stereocenters. The summed E-state index contributed by atoms with van der Waals surface area (Å²) < 4.78 is 8.57. The number of amides is 1. The zero-order chi connectivity index (χ0) is 22.4. The topological polar surface area (TPSA) is 112 Å². The van der Waals surface area contributed by atoms with Gasteiger partial charge < -0.3 is 14.6 Å². The summed E-state index contributed by atoms with van der Waals surface area (Å²) in [6.07, 6.45) is 0. The van der Waals surface area contributed by atoms with Crippen LogP contribution in [0.5, 0.6) is 5.75 Å². The third-order valence-corrected chi connectivity index (χ3v) is 5.88. The molecule has 0 saturated heterocycles. The maximum Gasteiger partial charge on any atom is 0.271 e. The van der Waals surface area contributed by atoms with Gasteiger partial charge in [0.15, 0.2) is 11.0 Å². The molecule has 162 valence electrons. The number of nitrogens with one attached hydrogen (secondary N) is 1. The van der Waals surface area contributed by atoms with E-state index >= 15 is 0 Å². The molecule has 2 aromatic carbocycles. The van der Waals surface area contributed by atoms with E-state index in [2.05, 4.69) is 31.4 Å². The molecule has 1 amide bonds. The van der Waals surface area contributed by atoms with Crippen LogP contribution in [0.2, 0.25) is 5.02 Å². The first-order valence-electron chi connectivity index (χ1n) is 9.04. The Kier molecular flexibility index (Phi) is 7.88. The Morgan fingerprint density at radius 2 is 2.03 bits per heavy atom. The number of nitrogens with zero attached hydrogens (tertiary/aromatic N) is 4. The van der Waals surface area contributed by atoms with Gasteiger partial charge in [-0.1, -0.05) is 39.3 Å². The highest BCUT2D eigenvalue weighted by Crippen LogP contribution is 2.27. The van der Waals surface area contributed by atoms with Crippen molar-refractivity contribution in [3.05, 3.63) is 67.9 Å². The van der Waals surface area contributed by atoms with Gasteiger partial charge in [0.2, 0.25) is 5.91 Å². The minimum absolute atomic E-state index is 0.0325. The summed E-state index contributed by atoms with van der Waals surface area (Å²) in [6.45, 7) is 2.78. The number of aromatic nitrogens is 3. The summed E-state index contributed by atoms with van der Waals surface area (Å²) >= 11 is 10.6. The summed E-state index contributed by atoms with van der Waals surface area (Å²) in [4.78, 5) is 22.7. The van der Waals surface area contributed by atoms with Crippen molar-refractivity contribution < 1.29 is 14.5 Å². The van der Waals surface area contributed by atoms with E-state index in [1.54, 1.807) is 0 Å². The lowest BCUT2D eigenvalue weighted by Gasteiger charge is -2.09. The largest absolute Gasteiger partial charge is 0.486 e. The quantitative estimate of drug-likeness (QED) is 0.239. The second-order valence-electron chi connectivity index (χ2n) is 6.14. The Morgan fingerprint density at radius 3 is 2.71 bits per heavy atom. The highest BCUT2D eigenvalue weighted by atomic mass is 79.9. The van der Waals surface area contributed by atoms with Crippen LogP contribution in [0.15, 0.2) is 52.1 Å². The third kappa shape index (κ3) is 6.18. The van der Waals surface area contributed by atoms with Crippen LogP contribution in [0.3, 0.4) is 0 Å². The van der Waals surface area contributed by atoms with Gasteiger partial charge in [-0.25, -0.2) is 0 Å². The Labute approximate surface area is 195 Å². The van der Waals surface area contributed by atoms with E-state index in [1.807, 2.05) is 35.8 Å². The predicted molar refractivity (Wildman–Crippen MR) is 122 cm³/mol. The minimum Gasteiger partial charge on any atom is -0.486 e. The number of benzene rings is 2. The lowest BCUT2D eigenvalue weighted by atomic mass is 10.3. The first-order chi connectivity index (χ1) is 14.9. The molecule has 0 aliphatic heterocycles. The zero-order valence-corrected chi connectivity index (χ0v) is 19.4. The Morgan fingerprint density at radius 1 is 1.29 bits per heavy atom. The zero-order valence-electron chi connectivity index (χ0n) is 16.2. The van der Waals surface area contributed by atoms with Crippen molar-refractivity contribution in [2.75, 3.05) is 11.1 Å². The molecule has 3 aromatic rings. The minimum atomic E-state index is -0.553. The number of nitro groups is 1. The average molecular weight is 527 g/mol. The molecule has 0 fully saturated rings. The maximum atomic E-state index is 12.3. The van der Waals surface area contributed by atoms with Gasteiger partial charge in [-0.05, 0) is 37.3 Å². The van der Waals surface area contributed by atoms with Gasteiger partial charge in [0.25, 0.3) is 5.69 Å². The lowest BCUT2D eigenvalue weighted by molar-refractivity contribution is -0.384. The Hall–Kier alpha value is -2.63. The van der Waals surface area contributed by atoms with Crippen LogP contribution in [-0.2, 0) is 17.9 Å². The van der Waals surface area contributed by atoms with Gasteiger partial charge in [0.1, 0.15) is 12.4 Å². The van der Waals surface area contributed by atoms with Crippen molar-refractivity contribution in [1.29, 1.82) is 0 Å². The SMILES string of the molecule is CCn1c(COc2ccc(Br)cc2)nnc1SCC(=O)Nc1cc([N+](=O)[O-])ccc1Cl. The molecule has 1 heterocycles. The van der Waals surface area contributed by atoms with Crippen molar-refractivity contribution in [3.8, 4) is 5.75 Å². The fourth-order valence-corrected chi connectivity index (χ4v) is 3.82. The predicted octanol–water partition coefficient (Wildman–Crippen LogP) is 4.93. The van der Waals surface area contributed by atoms with Crippen LogP contribution < -0.4 is 10.1 Å². The summed E-state index contributed by atoms with van der Waals surface area (Å²) in [5.74, 6) is 1.00. The van der Waals surface area contributed by atoms with Gasteiger partial charge in [0, 0.05) is 23.2 Å². The first kappa shape index (κ1) is 23.0. The number of carbonyl (C=O) groups excluding carboxylic acids is 1. The number of hydrogen-bond acceptors (Lipinski definition) is 7. The molecule has 31 heavy (non-hydrogen) atoms. The number of non-ortho nitro benzene ring substituents is 1. The molecular weight excluding hydrogens is 510 g/mol. The normalized spacial score (nSPS) is 10.7. The summed E-state index contributed by atoms with van der Waals surface area (Å²) in [6, 6.07) is 11.3. The van der Waals surface area contributed by atoms with Gasteiger partial charge in [-0.15, -0.1) is 10.2 Å². The van der Waals surface area contributed by atoms with Crippen LogP contribution in [-0.4, -0.2) is 31.3 Å². The van der Waals surface area contributed by atoms with E-state index < -0.39 is 4.92 Å². The van der Waals surface area contributed by atoms with Crippen LogP contribution in [0, 0.1) is 10.1 Å². The standard InChI is InChI=1S/C19H17BrClN5O4S/c1-2-25-17(10-30-14-6-3-12(20)4-7-14)23-24-19(25)31-11-18(27)22-16-9-13(26(28)29)5-8-15(16)21/h3-9H,2,10-11H2,1H3,(H,22,27). The molecule has 12 heteroatoms. The number of thioether (sulfide) groups is 1. The molecule has 3 rings (SSSR count). The van der Waals surface area contributed by atoms with Crippen molar-refractivity contribution in [1.82, 2.24) is 14.8 Å². The van der Waals surface area contributed by atoms with Gasteiger partial charge in [0.05, 0.1) is 21.4 Å². The molecule has 0 bridgehead atoms. The monoisotopic (exact) mass is 525 g/mol. The number of hydrogen-bond donors (Lipinski definition) is 1. The molecule has 9 nitrogen and oxygen atoms in total. The van der Waals surface area contributed by atoms with Crippen molar-refractivity contribution in [2.45, 2.75) is 25.2 Å². The van der Waals surface area contributed by atoms with Crippen molar-refractivity contribution >= 4 is 56.6 Å². The van der Waals surface area contributed by atoms with E-state index in [0.717, 1.165) is 4.47 Å². The number of rotatable bonds is 9. The van der Waals surface area contributed by atoms with Crippen molar-refractivity contribution in [3.63, 3.8) is 0 Å². The molecule has 1 aromatic heterocycles. The second kappa shape index (κ2) is 10.6. The third-order valence-electron chi connectivity index (χ3n) is 4.06. The molecule has 1 N–H and O–H groups in total. The van der Waals surface area contributed by atoms with Crippen LogP contribution >= 0.6 is 39.3 Å². The Balaban J connectivity index is 1.60. The van der Waals surface area contributed by atoms with Crippen molar-refractivity contribution in [2.24, 2.45) is 0 Å². The number of anilines is 1. The molecule has 0 saturated carbocycles. The fourth-order valence-electron chi connectivity index (χ4n) is 2.57. The smallest absolute Gasteiger partial charge is 0.271 e. The van der Waals surface area contributed by atoms with E-state index in [4.69, 9.17) is 16.3 Å². The summed E-state index contributed by atoms with van der Waals surface area (Å²) in [5.41, 5.74) is 0.0236. The number of halogens is 2. The first-order valence-corrected chi connectivity index (χ1v) is 11.2. The fraction of sp³-hybridized carbons (Fsp3) is 0.211. The van der Waals surface area contributed by atoms with Gasteiger partial charge in [-0.2, -0.15) is 0 Å². The second-order valence-corrected chi connectivity index (χ2v) is 8.41. The molecule has 0 aliphatic rings. The van der Waals surface area contributed by atoms with Gasteiger partial charge >= 0.3 is 0 Å². The van der Waals surface area contributed by atoms with E-state index in [1.165, 1.54) is 30.0 Å². The highest BCUT2D eigenvalue weighted by molar-refractivity contribution is 9.10. The number of ether oxygens (including phenoxy) is 1. The number of nitro benzene ring substituents is 1. The highest BCUT2D eigenvalue weighted by Gasteiger charge is 2.16. The van der Waals surface area contributed by atoms with E-state index in [0.29, 0.717) is 23.3 Å². The van der Waals surface area contributed by atoms with Crippen LogP contribution in [0.1, 0.15) is 12.7 Å². The van der Waals surface area contributed by atoms with Gasteiger partial charge in [-0.3, -0.25) is 14.9 Å². The molecule has 0 spiro atoms. The lowest BCUT2D eigenvalue weighted by Crippen LogP contribution is -2.15. The van der Waals surface area contributed by atoms with E-state index in [-0.39, 0.29) is 34.7 Å². The summed E-state index contributed by atoms with van der Waals surface area (Å²) in [7, 11) is 0. The Bertz CT molecular complexity index is 1090. The molecule has 0 radical (unpaired) electrons. The van der Waals surface area contributed by atoms with Crippen LogP contribution in [0.4, 0.5) is 11.4 Å². The molecule has 0 unspecified atom stereocenters. The molecular formula is C19H17BrClN5O4S. The molecule has 0 aliphatic carbocycles. The van der Waals surface area contributed by atoms with Crippen LogP contribution in [0.25, 0.3) is 0 Å². The van der Waals surface area contributed by atoms with E-state index in [9.17, 15) is 14.9 Å². The maximum absolute atomic E-state index is 12.3. The average Bonchev–Trinajstić information content (AvgIpc) is 3.15. The number of carbonyl (C=O) groups is 1. The summed E-state index contributed by atoms with van der Waals surface area (Å²) in [5, 5.41) is 22.6.